The molecule has 0 saturated carbocycles. The van der Waals surface area contributed by atoms with Gasteiger partial charge in [-0.25, -0.2) is 19.7 Å². The Balaban J connectivity index is 1.58. The number of para-hydroxylation sites is 1. The molecule has 1 amide bonds. The molecule has 2 aliphatic rings. The number of hydrogen-bond donors (Lipinski definition) is 0. The lowest BCUT2D eigenvalue weighted by molar-refractivity contribution is 0.168. The first-order chi connectivity index (χ1) is 16.7. The van der Waals surface area contributed by atoms with Crippen molar-refractivity contribution >= 4 is 40.1 Å². The maximum atomic E-state index is 13.0. The van der Waals surface area contributed by atoms with Crippen molar-refractivity contribution in [1.29, 1.82) is 0 Å². The van der Waals surface area contributed by atoms with Gasteiger partial charge in [0.05, 0.1) is 30.4 Å². The third kappa shape index (κ3) is 3.86. The largest absolute Gasteiger partial charge is 0.491 e. The molecule has 1 aliphatic heterocycles. The van der Waals surface area contributed by atoms with Gasteiger partial charge in [0.2, 0.25) is 0 Å². The fourth-order valence-electron chi connectivity index (χ4n) is 3.86. The van der Waals surface area contributed by atoms with Gasteiger partial charge in [-0.05, 0) is 24.3 Å². The number of methoxy groups -OCH3 is 1. The van der Waals surface area contributed by atoms with Crippen LogP contribution in [0.2, 0.25) is 0 Å². The van der Waals surface area contributed by atoms with Crippen molar-refractivity contribution in [3.8, 4) is 5.75 Å². The van der Waals surface area contributed by atoms with Gasteiger partial charge in [0.15, 0.2) is 17.4 Å². The molecule has 3 aromatic rings. The van der Waals surface area contributed by atoms with Crippen LogP contribution in [0.4, 0.5) is 22.0 Å². The van der Waals surface area contributed by atoms with Gasteiger partial charge in [-0.1, -0.05) is 36.9 Å². The number of carbonyl (C=O) groups excluding carboxylic acids is 1. The number of anilines is 2. The number of amides is 1. The highest BCUT2D eigenvalue weighted by atomic mass is 16.6. The zero-order valence-corrected chi connectivity index (χ0v) is 18.5. The maximum Gasteiger partial charge on any atom is 0.420 e. The molecule has 0 radical (unpaired) electrons. The summed E-state index contributed by atoms with van der Waals surface area (Å²) in [6, 6.07) is 11.4. The Hall–Kier alpha value is -4.59. The van der Waals surface area contributed by atoms with Crippen molar-refractivity contribution in [3.63, 3.8) is 0 Å². The van der Waals surface area contributed by atoms with Gasteiger partial charge >= 0.3 is 6.09 Å². The van der Waals surface area contributed by atoms with E-state index in [0.717, 1.165) is 28.1 Å². The first kappa shape index (κ1) is 21.3. The number of pyridine rings is 1. The van der Waals surface area contributed by atoms with E-state index in [4.69, 9.17) is 19.5 Å². The van der Waals surface area contributed by atoms with E-state index in [1.165, 1.54) is 18.1 Å². The van der Waals surface area contributed by atoms with Gasteiger partial charge in [-0.2, -0.15) is 0 Å². The van der Waals surface area contributed by atoms with E-state index in [0.29, 0.717) is 23.7 Å². The van der Waals surface area contributed by atoms with Crippen LogP contribution in [0.5, 0.6) is 5.75 Å². The quantitative estimate of drug-likeness (QED) is 0.473. The molecule has 1 aliphatic carbocycles. The Labute approximate surface area is 196 Å². The number of allylic oxidation sites excluding steroid dienone is 4. The van der Waals surface area contributed by atoms with E-state index >= 15 is 0 Å². The lowest BCUT2D eigenvalue weighted by Crippen LogP contribution is -2.28. The Kier molecular flexibility index (Phi) is 5.70. The number of benzene rings is 1. The van der Waals surface area contributed by atoms with E-state index in [9.17, 15) is 4.79 Å². The molecule has 3 heterocycles. The van der Waals surface area contributed by atoms with Crippen molar-refractivity contribution in [2.75, 3.05) is 18.6 Å². The standard InChI is InChI=1S/C26H21N5O3/c1-3-14-34-26(32)31(18-10-12-27-13-11-18)25-23(33-2)16-28-24(30-25)17-8-9-22-20(15-17)19-6-4-5-7-21(19)29-22/h3-8,10-13,15-16H,1,9,14H2,2H3. The molecule has 0 saturated heterocycles. The molecule has 8 heteroatoms. The van der Waals surface area contributed by atoms with Gasteiger partial charge in [-0.15, -0.1) is 0 Å². The summed E-state index contributed by atoms with van der Waals surface area (Å²) in [7, 11) is 1.50. The molecule has 0 bridgehead atoms. The van der Waals surface area contributed by atoms with Gasteiger partial charge in [0, 0.05) is 35.5 Å². The topological polar surface area (TPSA) is 89.8 Å². The minimum Gasteiger partial charge on any atom is -0.491 e. The zero-order chi connectivity index (χ0) is 23.5. The molecular weight excluding hydrogens is 430 g/mol. The average Bonchev–Trinajstić information content (AvgIpc) is 3.26. The van der Waals surface area contributed by atoms with Crippen molar-refractivity contribution in [2.24, 2.45) is 4.99 Å². The van der Waals surface area contributed by atoms with Crippen molar-refractivity contribution in [3.05, 3.63) is 91.2 Å². The van der Waals surface area contributed by atoms with Crippen LogP contribution in [0.15, 0.2) is 84.8 Å². The van der Waals surface area contributed by atoms with Gasteiger partial charge < -0.3 is 9.47 Å². The number of ether oxygens (including phenoxy) is 2. The second kappa shape index (κ2) is 9.11. The predicted octanol–water partition coefficient (Wildman–Crippen LogP) is 5.30. The summed E-state index contributed by atoms with van der Waals surface area (Å²) >= 11 is 0. The maximum absolute atomic E-state index is 13.0. The molecule has 5 rings (SSSR count). The van der Waals surface area contributed by atoms with Gasteiger partial charge in [0.25, 0.3) is 0 Å². The predicted molar refractivity (Wildman–Crippen MR) is 131 cm³/mol. The normalized spacial score (nSPS) is 13.6. The molecule has 0 N–H and O–H groups in total. The van der Waals surface area contributed by atoms with E-state index in [1.807, 2.05) is 30.4 Å². The zero-order valence-electron chi connectivity index (χ0n) is 18.5. The Bertz CT molecular complexity index is 1360. The minimum absolute atomic E-state index is 0.0550. The fraction of sp³-hybridized carbons (Fsp3) is 0.115. The second-order valence-corrected chi connectivity index (χ2v) is 7.49. The molecule has 0 atom stereocenters. The Morgan fingerprint density at radius 2 is 2.03 bits per heavy atom. The van der Waals surface area contributed by atoms with Crippen molar-refractivity contribution in [1.82, 2.24) is 15.0 Å². The highest BCUT2D eigenvalue weighted by Crippen LogP contribution is 2.40. The lowest BCUT2D eigenvalue weighted by atomic mass is 9.93. The molecule has 0 spiro atoms. The SMILES string of the molecule is C=CCOC(=O)N(c1ccncc1)c1nc(C2=CCC3=Nc4ccccc4C3=C2)ncc1OC. The number of fused-ring (bicyclic) bond motifs is 3. The summed E-state index contributed by atoms with van der Waals surface area (Å²) in [6.07, 6.45) is 10.3. The van der Waals surface area contributed by atoms with Crippen molar-refractivity contribution < 1.29 is 14.3 Å². The molecule has 0 fully saturated rings. The Morgan fingerprint density at radius 3 is 2.82 bits per heavy atom. The number of hydrogen-bond acceptors (Lipinski definition) is 7. The van der Waals surface area contributed by atoms with Crippen LogP contribution < -0.4 is 9.64 Å². The second-order valence-electron chi connectivity index (χ2n) is 7.49. The van der Waals surface area contributed by atoms with Crippen LogP contribution in [0.3, 0.4) is 0 Å². The highest BCUT2D eigenvalue weighted by Gasteiger charge is 2.27. The number of rotatable bonds is 6. The summed E-state index contributed by atoms with van der Waals surface area (Å²) in [6.45, 7) is 3.66. The fourth-order valence-corrected chi connectivity index (χ4v) is 3.86. The minimum atomic E-state index is -0.621. The summed E-state index contributed by atoms with van der Waals surface area (Å²) in [5.74, 6) is 1.05. The summed E-state index contributed by atoms with van der Waals surface area (Å²) in [4.78, 5) is 32.4. The van der Waals surface area contributed by atoms with Crippen molar-refractivity contribution in [2.45, 2.75) is 6.42 Å². The molecule has 8 nitrogen and oxygen atoms in total. The van der Waals surface area contributed by atoms with Crippen LogP contribution in [0.1, 0.15) is 17.8 Å². The Morgan fingerprint density at radius 1 is 1.21 bits per heavy atom. The van der Waals surface area contributed by atoms with Crippen LogP contribution >= 0.6 is 0 Å². The molecular formula is C26H21N5O3. The first-order valence-electron chi connectivity index (χ1n) is 10.7. The van der Waals surface area contributed by atoms with Gasteiger partial charge in [-0.3, -0.25) is 9.98 Å². The molecule has 168 valence electrons. The summed E-state index contributed by atoms with van der Waals surface area (Å²) in [5.41, 5.74) is 5.49. The third-order valence-corrected chi connectivity index (χ3v) is 5.43. The van der Waals surface area contributed by atoms with E-state index in [2.05, 4.69) is 22.6 Å². The molecule has 2 aromatic heterocycles. The van der Waals surface area contributed by atoms with Crippen LogP contribution in [-0.4, -0.2) is 40.5 Å². The highest BCUT2D eigenvalue weighted by molar-refractivity contribution is 6.32. The number of carbonyl (C=O) groups is 1. The first-order valence-corrected chi connectivity index (χ1v) is 10.7. The smallest absolute Gasteiger partial charge is 0.420 e. The molecule has 1 aromatic carbocycles. The van der Waals surface area contributed by atoms with E-state index in [1.54, 1.807) is 30.7 Å². The summed E-state index contributed by atoms with van der Waals surface area (Å²) < 4.78 is 10.8. The number of nitrogens with zero attached hydrogens (tertiary/aromatic N) is 5. The van der Waals surface area contributed by atoms with Crippen LogP contribution in [-0.2, 0) is 4.74 Å². The number of aliphatic imine (C=N–C) groups is 1. The summed E-state index contributed by atoms with van der Waals surface area (Å²) in [5, 5.41) is 0. The lowest BCUT2D eigenvalue weighted by Gasteiger charge is -2.23. The average molecular weight is 451 g/mol. The number of aromatic nitrogens is 3. The monoisotopic (exact) mass is 451 g/mol. The van der Waals surface area contributed by atoms with E-state index in [-0.39, 0.29) is 12.4 Å². The van der Waals surface area contributed by atoms with Gasteiger partial charge in [0.1, 0.15) is 6.61 Å². The van der Waals surface area contributed by atoms with Crippen LogP contribution in [0, 0.1) is 0 Å². The molecule has 0 unspecified atom stereocenters. The van der Waals surface area contributed by atoms with E-state index < -0.39 is 6.09 Å². The molecule has 34 heavy (non-hydrogen) atoms. The van der Waals surface area contributed by atoms with Crippen LogP contribution in [0.25, 0.3) is 11.1 Å². The third-order valence-electron chi connectivity index (χ3n) is 5.43.